The van der Waals surface area contributed by atoms with Gasteiger partial charge in [-0.05, 0) is 24.6 Å². The Morgan fingerprint density at radius 3 is 2.50 bits per heavy atom. The number of carbonyl (C=O) groups is 3. The highest BCUT2D eigenvalue weighted by molar-refractivity contribution is 7.90. The van der Waals surface area contributed by atoms with Crippen LogP contribution < -0.4 is 5.32 Å². The van der Waals surface area contributed by atoms with Gasteiger partial charge in [-0.15, -0.1) is 0 Å². The minimum absolute atomic E-state index is 0.00199. The third kappa shape index (κ3) is 6.64. The molecule has 1 aromatic rings. The minimum Gasteiger partial charge on any atom is -0.452 e. The van der Waals surface area contributed by atoms with Crippen LogP contribution in [0.2, 0.25) is 5.02 Å². The van der Waals surface area contributed by atoms with Gasteiger partial charge in [0.15, 0.2) is 16.4 Å². The molecule has 0 bridgehead atoms. The third-order valence-electron chi connectivity index (χ3n) is 3.29. The van der Waals surface area contributed by atoms with E-state index in [0.717, 1.165) is 23.6 Å². The number of nitrogens with zero attached hydrogens (tertiary/aromatic N) is 1. The zero-order valence-electron chi connectivity index (χ0n) is 14.7. The average Bonchev–Trinajstić information content (AvgIpc) is 2.56. The van der Waals surface area contributed by atoms with Gasteiger partial charge < -0.3 is 15.0 Å². The predicted octanol–water partition coefficient (Wildman–Crippen LogP) is 0.885. The van der Waals surface area contributed by atoms with Gasteiger partial charge in [0.05, 0.1) is 22.0 Å². The van der Waals surface area contributed by atoms with Crippen molar-refractivity contribution in [3.63, 3.8) is 0 Å². The Labute approximate surface area is 157 Å². The molecular weight excluding hydrogens is 384 g/mol. The standard InChI is InChI=1S/C16H21ClN2O6S/c1-4-7-18-14(20)9-19(2)15(21)10-25-16(22)12-8-11(26(3,23)24)5-6-13(12)17/h5-6,8H,4,7,9-10H2,1-3H3,(H,18,20). The number of benzene rings is 1. The molecule has 1 aromatic carbocycles. The third-order valence-corrected chi connectivity index (χ3v) is 4.73. The lowest BCUT2D eigenvalue weighted by molar-refractivity contribution is -0.137. The van der Waals surface area contributed by atoms with Gasteiger partial charge in [-0.2, -0.15) is 0 Å². The van der Waals surface area contributed by atoms with E-state index < -0.39 is 28.3 Å². The van der Waals surface area contributed by atoms with Crippen LogP contribution in [0.5, 0.6) is 0 Å². The molecule has 8 nitrogen and oxygen atoms in total. The van der Waals surface area contributed by atoms with Gasteiger partial charge in [0, 0.05) is 19.8 Å². The van der Waals surface area contributed by atoms with Crippen LogP contribution in [-0.4, -0.2) is 64.1 Å². The van der Waals surface area contributed by atoms with Crippen molar-refractivity contribution in [2.24, 2.45) is 0 Å². The largest absolute Gasteiger partial charge is 0.452 e. The first-order chi connectivity index (χ1) is 12.1. The monoisotopic (exact) mass is 404 g/mol. The molecule has 1 rings (SSSR count). The van der Waals surface area contributed by atoms with Crippen molar-refractivity contribution < 1.29 is 27.5 Å². The molecule has 10 heteroatoms. The number of halogens is 1. The second kappa shape index (κ2) is 9.54. The molecule has 0 spiro atoms. The molecule has 144 valence electrons. The van der Waals surface area contributed by atoms with E-state index in [1.165, 1.54) is 19.2 Å². The van der Waals surface area contributed by atoms with Gasteiger partial charge in [-0.1, -0.05) is 18.5 Å². The van der Waals surface area contributed by atoms with Gasteiger partial charge in [-0.3, -0.25) is 9.59 Å². The van der Waals surface area contributed by atoms with Crippen LogP contribution in [0.3, 0.4) is 0 Å². The molecule has 26 heavy (non-hydrogen) atoms. The predicted molar refractivity (Wildman–Crippen MR) is 95.8 cm³/mol. The van der Waals surface area contributed by atoms with E-state index in [-0.39, 0.29) is 27.9 Å². The van der Waals surface area contributed by atoms with Crippen LogP contribution in [0.4, 0.5) is 0 Å². The smallest absolute Gasteiger partial charge is 0.340 e. The zero-order valence-corrected chi connectivity index (χ0v) is 16.3. The van der Waals surface area contributed by atoms with Crippen molar-refractivity contribution in [1.29, 1.82) is 0 Å². The van der Waals surface area contributed by atoms with Gasteiger partial charge in [0.25, 0.3) is 5.91 Å². The van der Waals surface area contributed by atoms with Crippen LogP contribution in [-0.2, 0) is 24.2 Å². The van der Waals surface area contributed by atoms with Crippen molar-refractivity contribution in [2.45, 2.75) is 18.2 Å². The number of hydrogen-bond donors (Lipinski definition) is 1. The zero-order chi connectivity index (χ0) is 19.9. The second-order valence-corrected chi connectivity index (χ2v) is 8.01. The number of likely N-dealkylation sites (N-methyl/N-ethyl adjacent to an activating group) is 1. The first-order valence-corrected chi connectivity index (χ1v) is 10.0. The van der Waals surface area contributed by atoms with Crippen molar-refractivity contribution >= 4 is 39.2 Å². The van der Waals surface area contributed by atoms with Crippen molar-refractivity contribution in [2.75, 3.05) is 33.0 Å². The summed E-state index contributed by atoms with van der Waals surface area (Å²) >= 11 is 5.89. The molecule has 0 atom stereocenters. The molecule has 0 heterocycles. The first kappa shape index (κ1) is 21.9. The fourth-order valence-electron chi connectivity index (χ4n) is 1.83. The highest BCUT2D eigenvalue weighted by Gasteiger charge is 2.19. The molecule has 0 saturated carbocycles. The topological polar surface area (TPSA) is 110 Å². The quantitative estimate of drug-likeness (QED) is 0.644. The van der Waals surface area contributed by atoms with Crippen LogP contribution in [0.25, 0.3) is 0 Å². The van der Waals surface area contributed by atoms with Crippen molar-refractivity contribution in [3.8, 4) is 0 Å². The fourth-order valence-corrected chi connectivity index (χ4v) is 2.67. The number of carbonyl (C=O) groups excluding carboxylic acids is 3. The van der Waals surface area contributed by atoms with E-state index in [4.69, 9.17) is 16.3 Å². The Kier molecular flexibility index (Phi) is 8.04. The fraction of sp³-hybridized carbons (Fsp3) is 0.438. The van der Waals surface area contributed by atoms with Crippen LogP contribution in [0.1, 0.15) is 23.7 Å². The van der Waals surface area contributed by atoms with Crippen molar-refractivity contribution in [3.05, 3.63) is 28.8 Å². The summed E-state index contributed by atoms with van der Waals surface area (Å²) in [5, 5.41) is 2.62. The Hall–Kier alpha value is -2.13. The van der Waals surface area contributed by atoms with Gasteiger partial charge in [-0.25, -0.2) is 13.2 Å². The summed E-state index contributed by atoms with van der Waals surface area (Å²) in [7, 11) is -2.13. The summed E-state index contributed by atoms with van der Waals surface area (Å²) < 4.78 is 28.0. The van der Waals surface area contributed by atoms with E-state index in [1.807, 2.05) is 6.92 Å². The maximum atomic E-state index is 12.1. The number of nitrogens with one attached hydrogen (secondary N) is 1. The molecule has 2 amide bonds. The van der Waals surface area contributed by atoms with E-state index in [0.29, 0.717) is 6.54 Å². The lowest BCUT2D eigenvalue weighted by atomic mass is 10.2. The first-order valence-electron chi connectivity index (χ1n) is 7.73. The molecule has 0 saturated heterocycles. The molecule has 0 aromatic heterocycles. The van der Waals surface area contributed by atoms with Gasteiger partial charge >= 0.3 is 5.97 Å². The van der Waals surface area contributed by atoms with Crippen LogP contribution >= 0.6 is 11.6 Å². The summed E-state index contributed by atoms with van der Waals surface area (Å²) in [5.41, 5.74) is -0.161. The Balaban J connectivity index is 2.69. The van der Waals surface area contributed by atoms with Crippen LogP contribution in [0.15, 0.2) is 23.1 Å². The second-order valence-electron chi connectivity index (χ2n) is 5.59. The lowest BCUT2D eigenvalue weighted by Crippen LogP contribution is -2.40. The maximum Gasteiger partial charge on any atom is 0.340 e. The van der Waals surface area contributed by atoms with E-state index >= 15 is 0 Å². The number of amides is 2. The summed E-state index contributed by atoms with van der Waals surface area (Å²) in [4.78, 5) is 36.6. The number of sulfone groups is 1. The summed E-state index contributed by atoms with van der Waals surface area (Å²) in [6.45, 7) is 1.64. The summed E-state index contributed by atoms with van der Waals surface area (Å²) in [6, 6.07) is 3.62. The Bertz CT molecular complexity index is 794. The highest BCUT2D eigenvalue weighted by Crippen LogP contribution is 2.21. The van der Waals surface area contributed by atoms with Crippen LogP contribution in [0, 0.1) is 0 Å². The van der Waals surface area contributed by atoms with Gasteiger partial charge in [0.1, 0.15) is 0 Å². The van der Waals surface area contributed by atoms with E-state index in [2.05, 4.69) is 5.32 Å². The molecule has 1 N–H and O–H groups in total. The van der Waals surface area contributed by atoms with E-state index in [1.54, 1.807) is 0 Å². The molecular formula is C16H21ClN2O6S. The highest BCUT2D eigenvalue weighted by atomic mass is 35.5. The molecule has 0 aliphatic carbocycles. The number of rotatable bonds is 8. The SMILES string of the molecule is CCCNC(=O)CN(C)C(=O)COC(=O)c1cc(S(C)(=O)=O)ccc1Cl. The molecule has 0 radical (unpaired) electrons. The molecule has 0 unspecified atom stereocenters. The van der Waals surface area contributed by atoms with E-state index in [9.17, 15) is 22.8 Å². The Morgan fingerprint density at radius 2 is 1.92 bits per heavy atom. The minimum atomic E-state index is -3.53. The number of esters is 1. The van der Waals surface area contributed by atoms with Crippen molar-refractivity contribution in [1.82, 2.24) is 10.2 Å². The number of hydrogen-bond acceptors (Lipinski definition) is 6. The molecule has 0 aliphatic rings. The summed E-state index contributed by atoms with van der Waals surface area (Å²) in [6.07, 6.45) is 1.77. The van der Waals surface area contributed by atoms with Gasteiger partial charge in [0.2, 0.25) is 5.91 Å². The summed E-state index contributed by atoms with van der Waals surface area (Å²) in [5.74, 6) is -1.84. The average molecular weight is 405 g/mol. The number of ether oxygens (including phenoxy) is 1. The Morgan fingerprint density at radius 1 is 1.27 bits per heavy atom. The molecule has 0 fully saturated rings. The molecule has 0 aliphatic heterocycles. The maximum absolute atomic E-state index is 12.1. The lowest BCUT2D eigenvalue weighted by Gasteiger charge is -2.16. The normalized spacial score (nSPS) is 10.9.